The van der Waals surface area contributed by atoms with Gasteiger partial charge in [0.15, 0.2) is 0 Å². The van der Waals surface area contributed by atoms with Gasteiger partial charge in [0.1, 0.15) is 0 Å². The normalized spacial score (nSPS) is 17.7. The first kappa shape index (κ1) is 7.32. The zero-order chi connectivity index (χ0) is 7.56. The van der Waals surface area contributed by atoms with E-state index in [4.69, 9.17) is 0 Å². The Morgan fingerprint density at radius 1 is 1.70 bits per heavy atom. The van der Waals surface area contributed by atoms with Crippen LogP contribution in [0.4, 0.5) is 0 Å². The van der Waals surface area contributed by atoms with Crippen molar-refractivity contribution in [1.82, 2.24) is 4.90 Å². The van der Waals surface area contributed by atoms with Crippen LogP contribution in [0.5, 0.6) is 0 Å². The summed E-state index contributed by atoms with van der Waals surface area (Å²) in [5.41, 5.74) is 0.861. The van der Waals surface area contributed by atoms with E-state index in [0.717, 1.165) is 24.9 Å². The van der Waals surface area contributed by atoms with Gasteiger partial charge in [0.25, 0.3) is 0 Å². The standard InChI is InChI=1S/C8H13NO/c1-7(2)9(6-10)8-4-3-5-8/h6,8H,1,3-5H2,2H3. The number of amides is 1. The lowest BCUT2D eigenvalue weighted by atomic mass is 9.92. The van der Waals surface area contributed by atoms with E-state index >= 15 is 0 Å². The summed E-state index contributed by atoms with van der Waals surface area (Å²) in [7, 11) is 0. The summed E-state index contributed by atoms with van der Waals surface area (Å²) in [5.74, 6) is 0. The minimum atomic E-state index is 0.454. The molecule has 2 nitrogen and oxygen atoms in total. The van der Waals surface area contributed by atoms with Crippen molar-refractivity contribution in [1.29, 1.82) is 0 Å². The SMILES string of the molecule is C=C(C)N(C=O)C1CCC1. The molecule has 2 heteroatoms. The zero-order valence-electron chi connectivity index (χ0n) is 6.34. The molecular formula is C8H13NO. The second-order valence-electron chi connectivity index (χ2n) is 2.83. The van der Waals surface area contributed by atoms with E-state index in [1.54, 1.807) is 4.90 Å². The van der Waals surface area contributed by atoms with Crippen molar-refractivity contribution in [2.45, 2.75) is 32.2 Å². The predicted octanol–water partition coefficient (Wildman–Crippen LogP) is 1.53. The zero-order valence-corrected chi connectivity index (χ0v) is 6.34. The average Bonchev–Trinajstić information content (AvgIpc) is 1.76. The Balaban J connectivity index is 2.46. The summed E-state index contributed by atoms with van der Waals surface area (Å²) in [4.78, 5) is 12.2. The first-order chi connectivity index (χ1) is 4.75. The second kappa shape index (κ2) is 2.86. The Hall–Kier alpha value is -0.790. The molecule has 0 aliphatic heterocycles. The van der Waals surface area contributed by atoms with Crippen molar-refractivity contribution >= 4 is 6.41 Å². The van der Waals surface area contributed by atoms with E-state index in [-0.39, 0.29) is 0 Å². The maximum atomic E-state index is 10.4. The van der Waals surface area contributed by atoms with Gasteiger partial charge >= 0.3 is 0 Å². The predicted molar refractivity (Wildman–Crippen MR) is 40.4 cm³/mol. The summed E-state index contributed by atoms with van der Waals surface area (Å²) >= 11 is 0. The van der Waals surface area contributed by atoms with Gasteiger partial charge < -0.3 is 4.90 Å². The second-order valence-corrected chi connectivity index (χ2v) is 2.83. The van der Waals surface area contributed by atoms with Crippen LogP contribution in [0.25, 0.3) is 0 Å². The number of rotatable bonds is 3. The maximum Gasteiger partial charge on any atom is 0.214 e. The Bertz CT molecular complexity index is 149. The minimum absolute atomic E-state index is 0.454. The molecule has 0 atom stereocenters. The minimum Gasteiger partial charge on any atom is -0.317 e. The third-order valence-corrected chi connectivity index (χ3v) is 2.02. The van der Waals surface area contributed by atoms with Crippen molar-refractivity contribution in [2.75, 3.05) is 0 Å². The number of carbonyl (C=O) groups excluding carboxylic acids is 1. The van der Waals surface area contributed by atoms with Crippen LogP contribution < -0.4 is 0 Å². The summed E-state index contributed by atoms with van der Waals surface area (Å²) in [6, 6.07) is 0.454. The van der Waals surface area contributed by atoms with Gasteiger partial charge in [-0.2, -0.15) is 0 Å². The fraction of sp³-hybridized carbons (Fsp3) is 0.625. The first-order valence-corrected chi connectivity index (χ1v) is 3.65. The van der Waals surface area contributed by atoms with Gasteiger partial charge in [-0.1, -0.05) is 6.58 Å². The Morgan fingerprint density at radius 3 is 2.40 bits per heavy atom. The monoisotopic (exact) mass is 139 g/mol. The van der Waals surface area contributed by atoms with Gasteiger partial charge in [0, 0.05) is 11.7 Å². The molecule has 56 valence electrons. The van der Waals surface area contributed by atoms with Crippen LogP contribution in [-0.2, 0) is 4.79 Å². The lowest BCUT2D eigenvalue weighted by molar-refractivity contribution is -0.119. The van der Waals surface area contributed by atoms with E-state index in [0.29, 0.717) is 6.04 Å². The highest BCUT2D eigenvalue weighted by atomic mass is 16.1. The lowest BCUT2D eigenvalue weighted by Crippen LogP contribution is -2.37. The topological polar surface area (TPSA) is 20.3 Å². The number of allylic oxidation sites excluding steroid dienone is 1. The highest BCUT2D eigenvalue weighted by molar-refractivity contribution is 5.51. The van der Waals surface area contributed by atoms with Crippen molar-refractivity contribution in [3.63, 3.8) is 0 Å². The van der Waals surface area contributed by atoms with Crippen LogP contribution in [-0.4, -0.2) is 17.4 Å². The fourth-order valence-corrected chi connectivity index (χ4v) is 1.15. The molecule has 1 saturated carbocycles. The van der Waals surface area contributed by atoms with E-state index in [1.165, 1.54) is 6.42 Å². The number of hydrogen-bond donors (Lipinski definition) is 0. The maximum absolute atomic E-state index is 10.4. The van der Waals surface area contributed by atoms with E-state index in [1.807, 2.05) is 6.92 Å². The van der Waals surface area contributed by atoms with Crippen molar-refractivity contribution in [3.05, 3.63) is 12.3 Å². The molecule has 0 saturated heterocycles. The van der Waals surface area contributed by atoms with Crippen molar-refractivity contribution < 1.29 is 4.79 Å². The van der Waals surface area contributed by atoms with Gasteiger partial charge in [-0.15, -0.1) is 0 Å². The third kappa shape index (κ3) is 1.20. The summed E-state index contributed by atoms with van der Waals surface area (Å²) in [5, 5.41) is 0. The van der Waals surface area contributed by atoms with Crippen LogP contribution in [0.15, 0.2) is 12.3 Å². The molecule has 1 aliphatic carbocycles. The van der Waals surface area contributed by atoms with E-state index in [2.05, 4.69) is 6.58 Å². The van der Waals surface area contributed by atoms with Crippen LogP contribution >= 0.6 is 0 Å². The van der Waals surface area contributed by atoms with Crippen molar-refractivity contribution in [2.24, 2.45) is 0 Å². The quantitative estimate of drug-likeness (QED) is 0.543. The molecule has 10 heavy (non-hydrogen) atoms. The molecule has 0 bridgehead atoms. The van der Waals surface area contributed by atoms with Crippen LogP contribution in [0.2, 0.25) is 0 Å². The van der Waals surface area contributed by atoms with Gasteiger partial charge in [-0.25, -0.2) is 0 Å². The Labute approximate surface area is 61.5 Å². The van der Waals surface area contributed by atoms with E-state index in [9.17, 15) is 4.79 Å². The molecule has 0 heterocycles. The van der Waals surface area contributed by atoms with Crippen molar-refractivity contribution in [3.8, 4) is 0 Å². The smallest absolute Gasteiger partial charge is 0.214 e. The molecule has 1 amide bonds. The average molecular weight is 139 g/mol. The van der Waals surface area contributed by atoms with Gasteiger partial charge in [0.2, 0.25) is 6.41 Å². The molecular weight excluding hydrogens is 126 g/mol. The number of carbonyl (C=O) groups is 1. The number of nitrogens with zero attached hydrogens (tertiary/aromatic N) is 1. The largest absolute Gasteiger partial charge is 0.317 e. The molecule has 0 aromatic carbocycles. The van der Waals surface area contributed by atoms with Crippen LogP contribution in [0, 0.1) is 0 Å². The van der Waals surface area contributed by atoms with Crippen LogP contribution in [0.3, 0.4) is 0 Å². The first-order valence-electron chi connectivity index (χ1n) is 3.65. The highest BCUT2D eigenvalue weighted by Crippen LogP contribution is 2.25. The Morgan fingerprint density at radius 2 is 2.30 bits per heavy atom. The summed E-state index contributed by atoms with van der Waals surface area (Å²) < 4.78 is 0. The molecule has 0 N–H and O–H groups in total. The molecule has 1 rings (SSSR count). The van der Waals surface area contributed by atoms with Gasteiger partial charge in [-0.3, -0.25) is 4.79 Å². The number of hydrogen-bond acceptors (Lipinski definition) is 1. The van der Waals surface area contributed by atoms with E-state index < -0.39 is 0 Å². The molecule has 0 aromatic heterocycles. The van der Waals surface area contributed by atoms with Crippen LogP contribution in [0.1, 0.15) is 26.2 Å². The molecule has 0 radical (unpaired) electrons. The molecule has 0 unspecified atom stereocenters. The van der Waals surface area contributed by atoms with Gasteiger partial charge in [-0.05, 0) is 26.2 Å². The molecule has 0 aromatic rings. The van der Waals surface area contributed by atoms with Gasteiger partial charge in [0.05, 0.1) is 0 Å². The molecule has 1 aliphatic rings. The summed E-state index contributed by atoms with van der Waals surface area (Å²) in [6.07, 6.45) is 4.42. The highest BCUT2D eigenvalue weighted by Gasteiger charge is 2.23. The molecule has 1 fully saturated rings. The molecule has 0 spiro atoms. The Kier molecular flexibility index (Phi) is 2.10. The summed E-state index contributed by atoms with van der Waals surface area (Å²) in [6.45, 7) is 5.59. The third-order valence-electron chi connectivity index (χ3n) is 2.02. The lowest BCUT2D eigenvalue weighted by Gasteiger charge is -2.34. The fourth-order valence-electron chi connectivity index (χ4n) is 1.15.